The summed E-state index contributed by atoms with van der Waals surface area (Å²) in [5, 5.41) is 12.4. The maximum absolute atomic E-state index is 13.8. The topological polar surface area (TPSA) is 59.8 Å². The third-order valence-corrected chi connectivity index (χ3v) is 5.66. The summed E-state index contributed by atoms with van der Waals surface area (Å²) >= 11 is 7.25. The molecule has 156 valence electrons. The summed E-state index contributed by atoms with van der Waals surface area (Å²) in [6, 6.07) is 21.3. The van der Waals surface area contributed by atoms with Crippen LogP contribution in [-0.2, 0) is 4.79 Å². The standard InChI is InChI=1S/C23H18ClFN4OS/c1-15-5-4-6-18(13-15)29-22(16-9-11-17(24)12-10-16)27-28-23(29)31-14-21(30)26-20-8-3-2-7-19(20)25/h2-13H,14H2,1H3,(H,26,30). The minimum Gasteiger partial charge on any atom is -0.323 e. The van der Waals surface area contributed by atoms with E-state index in [-0.39, 0.29) is 17.3 Å². The molecule has 0 aliphatic heterocycles. The van der Waals surface area contributed by atoms with Crippen LogP contribution < -0.4 is 5.32 Å². The van der Waals surface area contributed by atoms with Gasteiger partial charge in [0.05, 0.1) is 11.4 Å². The molecule has 0 saturated heterocycles. The van der Waals surface area contributed by atoms with E-state index in [1.165, 1.54) is 23.9 Å². The Bertz CT molecular complexity index is 1230. The fourth-order valence-corrected chi connectivity index (χ4v) is 3.91. The molecule has 3 aromatic carbocycles. The van der Waals surface area contributed by atoms with Gasteiger partial charge in [0.15, 0.2) is 11.0 Å². The number of amides is 1. The molecule has 4 aromatic rings. The zero-order valence-electron chi connectivity index (χ0n) is 16.5. The van der Waals surface area contributed by atoms with Crippen molar-refractivity contribution < 1.29 is 9.18 Å². The van der Waals surface area contributed by atoms with Gasteiger partial charge in [-0.15, -0.1) is 10.2 Å². The molecule has 0 unspecified atom stereocenters. The molecular formula is C23H18ClFN4OS. The number of nitrogens with zero attached hydrogens (tertiary/aromatic N) is 3. The highest BCUT2D eigenvalue weighted by atomic mass is 35.5. The van der Waals surface area contributed by atoms with Gasteiger partial charge in [-0.3, -0.25) is 9.36 Å². The fraction of sp³-hybridized carbons (Fsp3) is 0.0870. The lowest BCUT2D eigenvalue weighted by Gasteiger charge is -2.11. The third-order valence-electron chi connectivity index (χ3n) is 4.48. The summed E-state index contributed by atoms with van der Waals surface area (Å²) < 4.78 is 15.7. The minimum atomic E-state index is -0.478. The lowest BCUT2D eigenvalue weighted by Crippen LogP contribution is -2.15. The summed E-state index contributed by atoms with van der Waals surface area (Å²) in [7, 11) is 0. The van der Waals surface area contributed by atoms with Gasteiger partial charge >= 0.3 is 0 Å². The average Bonchev–Trinajstić information content (AvgIpc) is 3.18. The normalized spacial score (nSPS) is 10.8. The van der Waals surface area contributed by atoms with Gasteiger partial charge in [0.2, 0.25) is 5.91 Å². The van der Waals surface area contributed by atoms with Crippen LogP contribution in [0, 0.1) is 12.7 Å². The van der Waals surface area contributed by atoms with E-state index in [0.717, 1.165) is 16.8 Å². The molecular weight excluding hydrogens is 435 g/mol. The van der Waals surface area contributed by atoms with Crippen molar-refractivity contribution in [2.45, 2.75) is 12.1 Å². The van der Waals surface area contributed by atoms with Gasteiger partial charge in [-0.2, -0.15) is 0 Å². The van der Waals surface area contributed by atoms with E-state index < -0.39 is 5.82 Å². The van der Waals surface area contributed by atoms with Crippen molar-refractivity contribution in [1.82, 2.24) is 14.8 Å². The van der Waals surface area contributed by atoms with Crippen LogP contribution in [0.2, 0.25) is 5.02 Å². The monoisotopic (exact) mass is 452 g/mol. The number of para-hydroxylation sites is 1. The number of halogens is 2. The minimum absolute atomic E-state index is 0.0545. The molecule has 0 radical (unpaired) electrons. The number of hydrogen-bond donors (Lipinski definition) is 1. The van der Waals surface area contributed by atoms with E-state index in [1.54, 1.807) is 24.3 Å². The van der Waals surface area contributed by atoms with Crippen LogP contribution in [-0.4, -0.2) is 26.4 Å². The van der Waals surface area contributed by atoms with Crippen LogP contribution >= 0.6 is 23.4 Å². The maximum atomic E-state index is 13.8. The molecule has 31 heavy (non-hydrogen) atoms. The Kier molecular flexibility index (Phi) is 6.34. The van der Waals surface area contributed by atoms with Gasteiger partial charge in [0, 0.05) is 16.3 Å². The molecule has 0 bridgehead atoms. The Morgan fingerprint density at radius 1 is 1.06 bits per heavy atom. The van der Waals surface area contributed by atoms with E-state index in [9.17, 15) is 9.18 Å². The molecule has 4 rings (SSSR count). The van der Waals surface area contributed by atoms with Crippen LogP contribution in [0.25, 0.3) is 17.1 Å². The SMILES string of the molecule is Cc1cccc(-n2c(SCC(=O)Nc3ccccc3F)nnc2-c2ccc(Cl)cc2)c1. The number of carbonyl (C=O) groups is 1. The molecule has 5 nitrogen and oxygen atoms in total. The first kappa shape index (κ1) is 21.1. The molecule has 0 spiro atoms. The Morgan fingerprint density at radius 3 is 2.58 bits per heavy atom. The van der Waals surface area contributed by atoms with Crippen molar-refractivity contribution in [3.05, 3.63) is 89.2 Å². The molecule has 0 aliphatic rings. The summed E-state index contributed by atoms with van der Waals surface area (Å²) in [5.74, 6) is -0.117. The van der Waals surface area contributed by atoms with Gasteiger partial charge in [0.25, 0.3) is 0 Å². The molecule has 1 N–H and O–H groups in total. The van der Waals surface area contributed by atoms with E-state index in [4.69, 9.17) is 11.6 Å². The first-order chi connectivity index (χ1) is 15.0. The number of aryl methyl sites for hydroxylation is 1. The number of thioether (sulfide) groups is 1. The number of aromatic nitrogens is 3. The second-order valence-electron chi connectivity index (χ2n) is 6.80. The second kappa shape index (κ2) is 9.32. The van der Waals surface area contributed by atoms with Crippen LogP contribution in [0.1, 0.15) is 5.56 Å². The van der Waals surface area contributed by atoms with E-state index in [2.05, 4.69) is 15.5 Å². The molecule has 0 fully saturated rings. The lowest BCUT2D eigenvalue weighted by molar-refractivity contribution is -0.113. The first-order valence-corrected chi connectivity index (χ1v) is 10.8. The second-order valence-corrected chi connectivity index (χ2v) is 8.18. The number of carbonyl (C=O) groups excluding carboxylic acids is 1. The van der Waals surface area contributed by atoms with Crippen LogP contribution in [0.5, 0.6) is 0 Å². The predicted molar refractivity (Wildman–Crippen MR) is 122 cm³/mol. The highest BCUT2D eigenvalue weighted by molar-refractivity contribution is 7.99. The van der Waals surface area contributed by atoms with Crippen LogP contribution in [0.15, 0.2) is 78.0 Å². The summed E-state index contributed by atoms with van der Waals surface area (Å²) in [5.41, 5.74) is 2.96. The molecule has 0 atom stereocenters. The molecule has 8 heteroatoms. The van der Waals surface area contributed by atoms with Gasteiger partial charge in [-0.1, -0.05) is 47.6 Å². The largest absolute Gasteiger partial charge is 0.323 e. The number of anilines is 1. The van der Waals surface area contributed by atoms with E-state index in [1.807, 2.05) is 47.9 Å². The molecule has 1 aromatic heterocycles. The van der Waals surface area contributed by atoms with Crippen molar-refractivity contribution in [2.75, 3.05) is 11.1 Å². The van der Waals surface area contributed by atoms with Crippen molar-refractivity contribution in [3.63, 3.8) is 0 Å². The summed E-state index contributed by atoms with van der Waals surface area (Å²) in [6.07, 6.45) is 0. The highest BCUT2D eigenvalue weighted by Gasteiger charge is 2.18. The number of benzene rings is 3. The van der Waals surface area contributed by atoms with Gasteiger partial charge in [-0.05, 0) is 61.0 Å². The zero-order valence-corrected chi connectivity index (χ0v) is 18.1. The van der Waals surface area contributed by atoms with Crippen LogP contribution in [0.3, 0.4) is 0 Å². The zero-order chi connectivity index (χ0) is 21.8. The van der Waals surface area contributed by atoms with Gasteiger partial charge in [-0.25, -0.2) is 4.39 Å². The van der Waals surface area contributed by atoms with Crippen molar-refractivity contribution in [2.24, 2.45) is 0 Å². The lowest BCUT2D eigenvalue weighted by atomic mass is 10.2. The van der Waals surface area contributed by atoms with Gasteiger partial charge in [0.1, 0.15) is 5.82 Å². The first-order valence-electron chi connectivity index (χ1n) is 9.47. The fourth-order valence-electron chi connectivity index (χ4n) is 3.03. The summed E-state index contributed by atoms with van der Waals surface area (Å²) in [6.45, 7) is 2.00. The van der Waals surface area contributed by atoms with Crippen molar-refractivity contribution in [1.29, 1.82) is 0 Å². The Hall–Kier alpha value is -3.16. The van der Waals surface area contributed by atoms with Gasteiger partial charge < -0.3 is 5.32 Å². The highest BCUT2D eigenvalue weighted by Crippen LogP contribution is 2.29. The summed E-state index contributed by atoms with van der Waals surface area (Å²) in [4.78, 5) is 12.4. The Labute approximate surface area is 188 Å². The maximum Gasteiger partial charge on any atom is 0.234 e. The Morgan fingerprint density at radius 2 is 1.84 bits per heavy atom. The number of rotatable bonds is 6. The number of hydrogen-bond acceptors (Lipinski definition) is 4. The molecule has 1 heterocycles. The third kappa shape index (κ3) is 4.95. The quantitative estimate of drug-likeness (QED) is 0.377. The van der Waals surface area contributed by atoms with E-state index in [0.29, 0.717) is 16.0 Å². The van der Waals surface area contributed by atoms with E-state index >= 15 is 0 Å². The van der Waals surface area contributed by atoms with Crippen molar-refractivity contribution in [3.8, 4) is 17.1 Å². The van der Waals surface area contributed by atoms with Crippen LogP contribution in [0.4, 0.5) is 10.1 Å². The predicted octanol–water partition coefficient (Wildman–Crippen LogP) is 5.77. The number of nitrogens with one attached hydrogen (secondary N) is 1. The average molecular weight is 453 g/mol. The van der Waals surface area contributed by atoms with Crippen molar-refractivity contribution >= 4 is 35.0 Å². The molecule has 0 saturated carbocycles. The smallest absolute Gasteiger partial charge is 0.234 e. The molecule has 0 aliphatic carbocycles. The molecule has 1 amide bonds. The Balaban J connectivity index is 1.62.